The molecule has 0 saturated carbocycles. The molecule has 0 bridgehead atoms. The topological polar surface area (TPSA) is 72.2 Å². The van der Waals surface area contributed by atoms with Crippen molar-refractivity contribution in [3.63, 3.8) is 0 Å². The predicted octanol–water partition coefficient (Wildman–Crippen LogP) is 2.42. The predicted molar refractivity (Wildman–Crippen MR) is 87.8 cm³/mol. The maximum absolute atomic E-state index is 12.5. The first-order valence-electron chi connectivity index (χ1n) is 6.79. The van der Waals surface area contributed by atoms with Crippen LogP contribution >= 0.6 is 11.8 Å². The molecule has 0 aliphatic carbocycles. The van der Waals surface area contributed by atoms with Crippen molar-refractivity contribution < 1.29 is 8.42 Å². The van der Waals surface area contributed by atoms with Gasteiger partial charge in [0.15, 0.2) is 0 Å². The van der Waals surface area contributed by atoms with Crippen molar-refractivity contribution in [2.24, 2.45) is 0 Å². The van der Waals surface area contributed by atoms with Gasteiger partial charge in [-0.15, -0.1) is 0 Å². The Morgan fingerprint density at radius 2 is 1.95 bits per heavy atom. The number of hydrogen-bond acceptors (Lipinski definition) is 4. The summed E-state index contributed by atoms with van der Waals surface area (Å²) in [6, 6.07) is 3.60. The first kappa shape index (κ1) is 17.3. The van der Waals surface area contributed by atoms with E-state index in [0.717, 1.165) is 12.0 Å². The van der Waals surface area contributed by atoms with Crippen LogP contribution in [0.2, 0.25) is 0 Å². The monoisotopic (exact) mass is 316 g/mol. The van der Waals surface area contributed by atoms with E-state index in [4.69, 9.17) is 5.73 Å². The van der Waals surface area contributed by atoms with Crippen LogP contribution in [0.3, 0.4) is 0 Å². The highest BCUT2D eigenvalue weighted by molar-refractivity contribution is 7.99. The molecule has 4 nitrogen and oxygen atoms in total. The maximum Gasteiger partial charge on any atom is 0.240 e. The Labute approximate surface area is 126 Å². The smallest absolute Gasteiger partial charge is 0.240 e. The number of rotatable bonds is 7. The fourth-order valence-corrected chi connectivity index (χ4v) is 3.81. The van der Waals surface area contributed by atoms with Crippen molar-refractivity contribution >= 4 is 27.5 Å². The maximum atomic E-state index is 12.5. The van der Waals surface area contributed by atoms with Crippen LogP contribution in [0.5, 0.6) is 0 Å². The molecule has 114 valence electrons. The molecule has 3 N–H and O–H groups in total. The van der Waals surface area contributed by atoms with E-state index in [2.05, 4.69) is 4.72 Å². The number of anilines is 1. The van der Waals surface area contributed by atoms with E-state index >= 15 is 0 Å². The Balaban J connectivity index is 3.19. The highest BCUT2D eigenvalue weighted by Crippen LogP contribution is 2.25. The van der Waals surface area contributed by atoms with Crippen molar-refractivity contribution in [3.8, 4) is 0 Å². The fraction of sp³-hybridized carbons (Fsp3) is 0.571. The summed E-state index contributed by atoms with van der Waals surface area (Å²) < 4.78 is 27.6. The third kappa shape index (κ3) is 4.14. The van der Waals surface area contributed by atoms with Crippen molar-refractivity contribution in [1.29, 1.82) is 0 Å². The molecule has 0 aliphatic heterocycles. The second-order valence-electron chi connectivity index (χ2n) is 4.77. The molecule has 0 saturated heterocycles. The van der Waals surface area contributed by atoms with Gasteiger partial charge in [0.05, 0.1) is 4.90 Å². The molecule has 1 atom stereocenters. The quantitative estimate of drug-likeness (QED) is 0.758. The summed E-state index contributed by atoms with van der Waals surface area (Å²) in [6.45, 7) is 6.31. The van der Waals surface area contributed by atoms with Gasteiger partial charge in [-0.05, 0) is 42.4 Å². The van der Waals surface area contributed by atoms with Crippen LogP contribution < -0.4 is 10.5 Å². The standard InChI is InChI=1S/C14H24N2O2S2/c1-5-11-7-13(15)12(6-2)14(8-11)20(17,18)16-9-10(3)19-4/h7-8,10,16H,5-6,9,15H2,1-4H3. The number of nitrogens with two attached hydrogens (primary N) is 1. The lowest BCUT2D eigenvalue weighted by molar-refractivity contribution is 0.580. The van der Waals surface area contributed by atoms with Crippen LogP contribution in [-0.4, -0.2) is 26.5 Å². The molecule has 0 heterocycles. The zero-order chi connectivity index (χ0) is 15.3. The van der Waals surface area contributed by atoms with Crippen LogP contribution in [0, 0.1) is 0 Å². The van der Waals surface area contributed by atoms with Crippen molar-refractivity contribution in [2.45, 2.75) is 43.8 Å². The fourth-order valence-electron chi connectivity index (χ4n) is 1.94. The van der Waals surface area contributed by atoms with Gasteiger partial charge >= 0.3 is 0 Å². The molecule has 6 heteroatoms. The molecular weight excluding hydrogens is 292 g/mol. The van der Waals surface area contributed by atoms with Gasteiger partial charge in [0.1, 0.15) is 0 Å². The number of nitrogens with one attached hydrogen (secondary N) is 1. The number of sulfonamides is 1. The Morgan fingerprint density at radius 1 is 1.30 bits per heavy atom. The first-order chi connectivity index (χ1) is 9.35. The normalized spacial score (nSPS) is 13.4. The van der Waals surface area contributed by atoms with Gasteiger partial charge in [0, 0.05) is 17.5 Å². The molecule has 1 aromatic carbocycles. The summed E-state index contributed by atoms with van der Waals surface area (Å²) in [5.41, 5.74) is 8.19. The highest BCUT2D eigenvalue weighted by Gasteiger charge is 2.20. The lowest BCUT2D eigenvalue weighted by atomic mass is 10.1. The Hall–Kier alpha value is -0.720. The minimum Gasteiger partial charge on any atom is -0.398 e. The summed E-state index contributed by atoms with van der Waals surface area (Å²) in [4.78, 5) is 0.324. The van der Waals surface area contributed by atoms with Crippen LogP contribution in [0.25, 0.3) is 0 Å². The Kier molecular flexibility index (Phi) is 6.36. The SMILES string of the molecule is CCc1cc(N)c(CC)c(S(=O)(=O)NCC(C)SC)c1. The van der Waals surface area contributed by atoms with Crippen LogP contribution in [0.4, 0.5) is 5.69 Å². The van der Waals surface area contributed by atoms with Crippen molar-refractivity contribution in [2.75, 3.05) is 18.5 Å². The van der Waals surface area contributed by atoms with Crippen molar-refractivity contribution in [3.05, 3.63) is 23.3 Å². The molecule has 1 rings (SSSR count). The summed E-state index contributed by atoms with van der Waals surface area (Å²) >= 11 is 1.63. The Morgan fingerprint density at radius 3 is 2.45 bits per heavy atom. The van der Waals surface area contributed by atoms with Crippen molar-refractivity contribution in [1.82, 2.24) is 4.72 Å². The summed E-state index contributed by atoms with van der Waals surface area (Å²) in [7, 11) is -3.51. The molecule has 0 spiro atoms. The number of aryl methyl sites for hydroxylation is 1. The largest absolute Gasteiger partial charge is 0.398 e. The summed E-state index contributed by atoms with van der Waals surface area (Å²) in [5, 5.41) is 0.238. The lowest BCUT2D eigenvalue weighted by Gasteiger charge is -2.16. The minimum absolute atomic E-state index is 0.238. The van der Waals surface area contributed by atoms with E-state index < -0.39 is 10.0 Å². The minimum atomic E-state index is -3.51. The molecule has 20 heavy (non-hydrogen) atoms. The van der Waals surface area contributed by atoms with Crippen LogP contribution in [0.1, 0.15) is 31.9 Å². The molecule has 0 aromatic heterocycles. The van der Waals surface area contributed by atoms with Gasteiger partial charge in [0.25, 0.3) is 0 Å². The third-order valence-corrected chi connectivity index (χ3v) is 5.78. The first-order valence-corrected chi connectivity index (χ1v) is 9.56. The molecule has 1 unspecified atom stereocenters. The van der Waals surface area contributed by atoms with Crippen LogP contribution in [0.15, 0.2) is 17.0 Å². The molecule has 0 amide bonds. The highest BCUT2D eigenvalue weighted by atomic mass is 32.2. The average Bonchev–Trinajstić information content (AvgIpc) is 2.43. The molecule has 0 radical (unpaired) electrons. The van der Waals surface area contributed by atoms with E-state index in [0.29, 0.717) is 29.1 Å². The number of nitrogen functional groups attached to an aromatic ring is 1. The van der Waals surface area contributed by atoms with Gasteiger partial charge in [-0.3, -0.25) is 0 Å². The lowest BCUT2D eigenvalue weighted by Crippen LogP contribution is -2.30. The number of hydrogen-bond donors (Lipinski definition) is 2. The van der Waals surface area contributed by atoms with Gasteiger partial charge < -0.3 is 5.73 Å². The number of thioether (sulfide) groups is 1. The van der Waals surface area contributed by atoms with Gasteiger partial charge in [-0.1, -0.05) is 20.8 Å². The van der Waals surface area contributed by atoms with Gasteiger partial charge in [-0.25, -0.2) is 13.1 Å². The average molecular weight is 316 g/mol. The summed E-state index contributed by atoms with van der Waals surface area (Å²) in [6.07, 6.45) is 3.33. The Bertz CT molecular complexity index is 557. The summed E-state index contributed by atoms with van der Waals surface area (Å²) in [5.74, 6) is 0. The van der Waals surface area contributed by atoms with E-state index in [9.17, 15) is 8.42 Å². The zero-order valence-electron chi connectivity index (χ0n) is 12.6. The number of benzene rings is 1. The van der Waals surface area contributed by atoms with E-state index in [1.54, 1.807) is 17.8 Å². The van der Waals surface area contributed by atoms with E-state index in [-0.39, 0.29) is 5.25 Å². The molecule has 1 aromatic rings. The van der Waals surface area contributed by atoms with E-state index in [1.165, 1.54) is 0 Å². The second kappa shape index (κ2) is 7.33. The third-order valence-electron chi connectivity index (χ3n) is 3.32. The second-order valence-corrected chi connectivity index (χ2v) is 7.78. The molecule has 0 fully saturated rings. The van der Waals surface area contributed by atoms with Gasteiger partial charge in [-0.2, -0.15) is 11.8 Å². The van der Waals surface area contributed by atoms with E-state index in [1.807, 2.05) is 33.1 Å². The van der Waals surface area contributed by atoms with Crippen LogP contribution in [-0.2, 0) is 22.9 Å². The molecular formula is C14H24N2O2S2. The zero-order valence-corrected chi connectivity index (χ0v) is 14.2. The van der Waals surface area contributed by atoms with Gasteiger partial charge in [0.2, 0.25) is 10.0 Å². The molecule has 0 aliphatic rings.